The number of phenols is 1. The number of rotatable bonds is 5. The molecule has 10 heteroatoms. The second-order valence-corrected chi connectivity index (χ2v) is 8.95. The minimum absolute atomic E-state index is 0.00149. The van der Waals surface area contributed by atoms with Crippen LogP contribution in [0.4, 0.5) is 4.39 Å². The van der Waals surface area contributed by atoms with Gasteiger partial charge in [-0.05, 0) is 32.4 Å². The number of nitrogens with zero attached hydrogens (tertiary/aromatic N) is 5. The van der Waals surface area contributed by atoms with Crippen molar-refractivity contribution >= 4 is 0 Å². The molecule has 2 aliphatic heterocycles. The number of ether oxygens (including phenoxy) is 2. The number of halogens is 1. The largest absolute Gasteiger partial charge is 0.507 e. The summed E-state index contributed by atoms with van der Waals surface area (Å²) in [6, 6.07) is 5.16. The smallest absolute Gasteiger partial charge is 0.336 e. The van der Waals surface area contributed by atoms with Crippen LogP contribution >= 0.6 is 0 Å². The lowest BCUT2D eigenvalue weighted by Gasteiger charge is -2.44. The van der Waals surface area contributed by atoms with E-state index in [1.54, 1.807) is 42.5 Å². The Labute approximate surface area is 184 Å². The number of piperidine rings is 1. The molecule has 5 rings (SSSR count). The lowest BCUT2D eigenvalue weighted by atomic mass is 9.84. The molecule has 5 atom stereocenters. The molecule has 168 valence electrons. The lowest BCUT2D eigenvalue weighted by Crippen LogP contribution is -2.64. The first-order valence-corrected chi connectivity index (χ1v) is 10.5. The van der Waals surface area contributed by atoms with Crippen LogP contribution in [0.25, 0.3) is 16.9 Å². The van der Waals surface area contributed by atoms with Crippen LogP contribution in [0.3, 0.4) is 0 Å². The van der Waals surface area contributed by atoms with Gasteiger partial charge in [-0.3, -0.25) is 0 Å². The Bertz CT molecular complexity index is 1110. The highest BCUT2D eigenvalue weighted by molar-refractivity contribution is 5.67. The molecular weight excluding hydrogens is 415 g/mol. The highest BCUT2D eigenvalue weighted by Gasteiger charge is 2.61. The van der Waals surface area contributed by atoms with Gasteiger partial charge in [-0.15, -0.1) is 5.10 Å². The van der Waals surface area contributed by atoms with Gasteiger partial charge in [-0.2, -0.15) is 0 Å². The van der Waals surface area contributed by atoms with Crippen molar-refractivity contribution in [2.24, 2.45) is 0 Å². The van der Waals surface area contributed by atoms with Gasteiger partial charge in [0.15, 0.2) is 6.17 Å². The summed E-state index contributed by atoms with van der Waals surface area (Å²) in [6.07, 6.45) is 5.45. The van der Waals surface area contributed by atoms with Crippen LogP contribution in [0.5, 0.6) is 11.8 Å². The number of phenolic OH excluding ortho intramolecular Hbond substituents is 1. The van der Waals surface area contributed by atoms with Crippen LogP contribution in [0.15, 0.2) is 43.1 Å². The summed E-state index contributed by atoms with van der Waals surface area (Å²) in [4.78, 5) is 8.21. The summed E-state index contributed by atoms with van der Waals surface area (Å²) >= 11 is 0. The Morgan fingerprint density at radius 1 is 1.22 bits per heavy atom. The van der Waals surface area contributed by atoms with E-state index in [9.17, 15) is 5.11 Å². The number of hydrogen-bond acceptors (Lipinski definition) is 8. The minimum Gasteiger partial charge on any atom is -0.507 e. The van der Waals surface area contributed by atoms with Crippen LogP contribution in [0, 0.1) is 0 Å². The van der Waals surface area contributed by atoms with Crippen molar-refractivity contribution in [2.45, 2.75) is 56.1 Å². The maximum absolute atomic E-state index is 15.3. The molecule has 0 unspecified atom stereocenters. The Morgan fingerprint density at radius 2 is 2.06 bits per heavy atom. The van der Waals surface area contributed by atoms with Crippen molar-refractivity contribution in [3.63, 3.8) is 0 Å². The van der Waals surface area contributed by atoms with E-state index in [0.717, 1.165) is 5.69 Å². The third-order valence-corrected chi connectivity index (χ3v) is 6.59. The summed E-state index contributed by atoms with van der Waals surface area (Å²) in [5.74, 6) is 0.0335. The number of aromatic nitrogens is 5. The van der Waals surface area contributed by atoms with E-state index in [1.165, 1.54) is 6.20 Å². The van der Waals surface area contributed by atoms with Crippen LogP contribution in [-0.2, 0) is 4.74 Å². The molecule has 4 heterocycles. The molecular formula is C22H25FN6O3. The predicted octanol–water partition coefficient (Wildman–Crippen LogP) is 2.44. The monoisotopic (exact) mass is 440 g/mol. The molecule has 2 fully saturated rings. The van der Waals surface area contributed by atoms with Crippen LogP contribution in [0.1, 0.15) is 26.7 Å². The fraction of sp³-hybridized carbons (Fsp3) is 0.455. The SMILES string of the molecule is CO[C@@H]1C[C@]2(C)N[C@@]1(C)C[C@@H](Oc1ncc(-c3ccc(-n4ccnc4)cc3O)nn1)[C@@H]2F. The minimum atomic E-state index is -1.25. The predicted molar refractivity (Wildman–Crippen MR) is 113 cm³/mol. The summed E-state index contributed by atoms with van der Waals surface area (Å²) in [7, 11) is 1.65. The van der Waals surface area contributed by atoms with Crippen LogP contribution in [0.2, 0.25) is 0 Å². The highest BCUT2D eigenvalue weighted by atomic mass is 19.1. The van der Waals surface area contributed by atoms with Crippen LogP contribution < -0.4 is 10.1 Å². The van der Waals surface area contributed by atoms with Crippen molar-refractivity contribution in [2.75, 3.05) is 7.11 Å². The number of fused-ring (bicyclic) bond motifs is 2. The second-order valence-electron chi connectivity index (χ2n) is 8.95. The van der Waals surface area contributed by atoms with E-state index in [2.05, 4.69) is 25.5 Å². The fourth-order valence-corrected chi connectivity index (χ4v) is 5.02. The van der Waals surface area contributed by atoms with E-state index in [4.69, 9.17) is 9.47 Å². The van der Waals surface area contributed by atoms with Gasteiger partial charge in [-0.25, -0.2) is 14.4 Å². The average molecular weight is 440 g/mol. The number of nitrogens with one attached hydrogen (secondary N) is 1. The summed E-state index contributed by atoms with van der Waals surface area (Å²) < 4.78 is 28.5. The highest BCUT2D eigenvalue weighted by Crippen LogP contribution is 2.45. The third-order valence-electron chi connectivity index (χ3n) is 6.59. The maximum Gasteiger partial charge on any atom is 0.336 e. The number of alkyl halides is 1. The topological polar surface area (TPSA) is 107 Å². The first kappa shape index (κ1) is 20.8. The van der Waals surface area contributed by atoms with Crippen molar-refractivity contribution in [3.05, 3.63) is 43.1 Å². The molecule has 9 nitrogen and oxygen atoms in total. The van der Waals surface area contributed by atoms with E-state index in [-0.39, 0.29) is 17.9 Å². The fourth-order valence-electron chi connectivity index (χ4n) is 5.02. The number of methoxy groups -OCH3 is 1. The summed E-state index contributed by atoms with van der Waals surface area (Å²) in [5, 5.41) is 22.0. The molecule has 0 aliphatic carbocycles. The summed E-state index contributed by atoms with van der Waals surface area (Å²) in [6.45, 7) is 3.87. The zero-order chi connectivity index (χ0) is 22.5. The first-order valence-electron chi connectivity index (χ1n) is 10.5. The Kier molecular flexibility index (Phi) is 4.86. The molecule has 3 aromatic rings. The molecule has 1 aromatic carbocycles. The Hall–Kier alpha value is -3.11. The van der Waals surface area contributed by atoms with Gasteiger partial charge >= 0.3 is 6.01 Å². The van der Waals surface area contributed by atoms with Crippen LogP contribution in [-0.4, -0.2) is 66.4 Å². The van der Waals surface area contributed by atoms with Crippen molar-refractivity contribution in [1.29, 1.82) is 0 Å². The van der Waals surface area contributed by atoms with Crippen molar-refractivity contribution < 1.29 is 19.0 Å². The van der Waals surface area contributed by atoms with Gasteiger partial charge in [0.25, 0.3) is 0 Å². The van der Waals surface area contributed by atoms with Gasteiger partial charge in [0.05, 0.1) is 29.9 Å². The molecule has 32 heavy (non-hydrogen) atoms. The number of benzene rings is 1. The molecule has 0 saturated carbocycles. The molecule has 0 amide bonds. The zero-order valence-corrected chi connectivity index (χ0v) is 18.1. The van der Waals surface area contributed by atoms with E-state index in [0.29, 0.717) is 24.1 Å². The molecule has 2 aromatic heterocycles. The molecule has 0 spiro atoms. The summed E-state index contributed by atoms with van der Waals surface area (Å²) in [5.41, 5.74) is 0.483. The van der Waals surface area contributed by atoms with E-state index >= 15 is 4.39 Å². The van der Waals surface area contributed by atoms with Gasteiger partial charge in [0.2, 0.25) is 0 Å². The van der Waals surface area contributed by atoms with Gasteiger partial charge < -0.3 is 24.5 Å². The van der Waals surface area contributed by atoms with Gasteiger partial charge in [0.1, 0.15) is 17.5 Å². The number of imidazole rings is 1. The van der Waals surface area contributed by atoms with E-state index < -0.39 is 23.4 Å². The molecule has 2 bridgehead atoms. The maximum atomic E-state index is 15.3. The normalized spacial score (nSPS) is 31.6. The standard InChI is InChI=1S/C22H25FN6O3/c1-21-9-17(19(23)22(2,28-21)10-18(21)31-3)32-20-25-11-15(26-27-20)14-5-4-13(8-16(14)30)29-7-6-24-12-29/h4-8,11-12,17-19,28,30H,9-10H2,1-3H3/t17-,18-,19+,21+,22+/m1/s1. The molecule has 0 radical (unpaired) electrons. The first-order chi connectivity index (χ1) is 15.3. The van der Waals surface area contributed by atoms with Crippen molar-refractivity contribution in [1.82, 2.24) is 30.0 Å². The van der Waals surface area contributed by atoms with E-state index in [1.807, 2.05) is 19.9 Å². The molecule has 2 saturated heterocycles. The quantitative estimate of drug-likeness (QED) is 0.623. The lowest BCUT2D eigenvalue weighted by molar-refractivity contribution is -0.0244. The third kappa shape index (κ3) is 3.39. The number of hydrogen-bond donors (Lipinski definition) is 2. The molecule has 2 aliphatic rings. The molecule has 2 N–H and O–H groups in total. The van der Waals surface area contributed by atoms with Gasteiger partial charge in [-0.1, -0.05) is 5.10 Å². The van der Waals surface area contributed by atoms with Crippen molar-refractivity contribution in [3.8, 4) is 28.7 Å². The second kappa shape index (κ2) is 7.49. The number of aromatic hydroxyl groups is 1. The average Bonchev–Trinajstić information content (AvgIpc) is 3.38. The Morgan fingerprint density at radius 3 is 2.72 bits per heavy atom. The van der Waals surface area contributed by atoms with Gasteiger partial charge in [0, 0.05) is 43.1 Å². The zero-order valence-electron chi connectivity index (χ0n) is 18.1. The Balaban J connectivity index is 1.34.